The number of methoxy groups -OCH3 is 1. The molecule has 1 aromatic heterocycles. The molecule has 0 fully saturated rings. The molecule has 2 aromatic rings. The first-order valence-corrected chi connectivity index (χ1v) is 5.30. The molecule has 0 unspecified atom stereocenters. The van der Waals surface area contributed by atoms with Gasteiger partial charge < -0.3 is 4.74 Å². The highest BCUT2D eigenvalue weighted by Gasteiger charge is 2.12. The Morgan fingerprint density at radius 3 is 2.06 bits per heavy atom. The van der Waals surface area contributed by atoms with Gasteiger partial charge in [0.25, 0.3) is 0 Å². The van der Waals surface area contributed by atoms with Crippen molar-refractivity contribution in [2.75, 3.05) is 7.11 Å². The SMILES string of the molecule is COc1c(Cl)nc(-c2ccccc2)nc1Cl. The summed E-state index contributed by atoms with van der Waals surface area (Å²) in [6.07, 6.45) is 0. The number of nitrogens with zero attached hydrogens (tertiary/aromatic N) is 2. The zero-order valence-electron chi connectivity index (χ0n) is 8.45. The Balaban J connectivity index is 2.53. The molecule has 0 N–H and O–H groups in total. The van der Waals surface area contributed by atoms with Gasteiger partial charge in [0.2, 0.25) is 0 Å². The van der Waals surface area contributed by atoms with E-state index in [0.717, 1.165) is 5.56 Å². The largest absolute Gasteiger partial charge is 0.491 e. The normalized spacial score (nSPS) is 10.2. The van der Waals surface area contributed by atoms with Crippen LogP contribution in [0.3, 0.4) is 0 Å². The van der Waals surface area contributed by atoms with E-state index in [4.69, 9.17) is 27.9 Å². The summed E-state index contributed by atoms with van der Waals surface area (Å²) in [6.45, 7) is 0. The second kappa shape index (κ2) is 4.68. The predicted molar refractivity (Wildman–Crippen MR) is 64.0 cm³/mol. The van der Waals surface area contributed by atoms with E-state index in [2.05, 4.69) is 9.97 Å². The zero-order valence-corrected chi connectivity index (χ0v) is 9.96. The van der Waals surface area contributed by atoms with Crippen molar-refractivity contribution in [2.45, 2.75) is 0 Å². The summed E-state index contributed by atoms with van der Waals surface area (Å²) in [6, 6.07) is 9.47. The average molecular weight is 255 g/mol. The minimum absolute atomic E-state index is 0.210. The van der Waals surface area contributed by atoms with Gasteiger partial charge in [0.05, 0.1) is 7.11 Å². The number of aromatic nitrogens is 2. The molecule has 5 heteroatoms. The van der Waals surface area contributed by atoms with Gasteiger partial charge in [0, 0.05) is 5.56 Å². The van der Waals surface area contributed by atoms with Gasteiger partial charge in [-0.1, -0.05) is 53.5 Å². The maximum atomic E-state index is 5.92. The topological polar surface area (TPSA) is 35.0 Å². The first-order valence-electron chi connectivity index (χ1n) is 4.55. The van der Waals surface area contributed by atoms with Gasteiger partial charge >= 0.3 is 0 Å². The van der Waals surface area contributed by atoms with E-state index in [9.17, 15) is 0 Å². The summed E-state index contributed by atoms with van der Waals surface area (Å²) in [4.78, 5) is 8.24. The van der Waals surface area contributed by atoms with Crippen molar-refractivity contribution in [2.24, 2.45) is 0 Å². The molecule has 16 heavy (non-hydrogen) atoms. The summed E-state index contributed by atoms with van der Waals surface area (Å²) >= 11 is 11.8. The minimum Gasteiger partial charge on any atom is -0.491 e. The molecule has 0 spiro atoms. The van der Waals surface area contributed by atoms with E-state index in [-0.39, 0.29) is 10.3 Å². The fourth-order valence-corrected chi connectivity index (χ4v) is 1.82. The van der Waals surface area contributed by atoms with Crippen molar-refractivity contribution in [1.29, 1.82) is 0 Å². The van der Waals surface area contributed by atoms with Crippen LogP contribution in [0.5, 0.6) is 5.75 Å². The first-order chi connectivity index (χ1) is 7.72. The molecule has 0 atom stereocenters. The molecule has 82 valence electrons. The van der Waals surface area contributed by atoms with Crippen LogP contribution in [0.15, 0.2) is 30.3 Å². The maximum absolute atomic E-state index is 5.92. The number of benzene rings is 1. The van der Waals surface area contributed by atoms with E-state index >= 15 is 0 Å². The number of halogens is 2. The Bertz CT molecular complexity index is 480. The molecule has 1 aromatic carbocycles. The van der Waals surface area contributed by atoms with E-state index in [0.29, 0.717) is 11.6 Å². The number of hydrogen-bond acceptors (Lipinski definition) is 3. The molecule has 0 saturated heterocycles. The molecule has 1 heterocycles. The molecule has 0 aliphatic heterocycles. The van der Waals surface area contributed by atoms with Crippen LogP contribution in [0.4, 0.5) is 0 Å². The molecule has 0 radical (unpaired) electrons. The lowest BCUT2D eigenvalue weighted by Gasteiger charge is -2.06. The van der Waals surface area contributed by atoms with Crippen LogP contribution in [-0.4, -0.2) is 17.1 Å². The number of rotatable bonds is 2. The quantitative estimate of drug-likeness (QED) is 0.771. The Kier molecular flexibility index (Phi) is 3.27. The third-order valence-corrected chi connectivity index (χ3v) is 2.53. The van der Waals surface area contributed by atoms with Crippen molar-refractivity contribution < 1.29 is 4.74 Å². The zero-order chi connectivity index (χ0) is 11.5. The van der Waals surface area contributed by atoms with E-state index in [1.807, 2.05) is 30.3 Å². The van der Waals surface area contributed by atoms with Crippen molar-refractivity contribution in [3.8, 4) is 17.1 Å². The highest BCUT2D eigenvalue weighted by atomic mass is 35.5. The molecule has 2 rings (SSSR count). The Labute approximate surface area is 103 Å². The minimum atomic E-state index is 0.210. The third kappa shape index (κ3) is 2.10. The molecule has 0 aliphatic rings. The summed E-state index contributed by atoms with van der Waals surface area (Å²) in [7, 11) is 1.47. The summed E-state index contributed by atoms with van der Waals surface area (Å²) < 4.78 is 4.98. The van der Waals surface area contributed by atoms with Crippen LogP contribution in [0.1, 0.15) is 0 Å². The number of ether oxygens (including phenoxy) is 1. The number of hydrogen-bond donors (Lipinski definition) is 0. The Morgan fingerprint density at radius 2 is 1.56 bits per heavy atom. The molecular weight excluding hydrogens is 247 g/mol. The first kappa shape index (κ1) is 11.2. The van der Waals surface area contributed by atoms with Gasteiger partial charge in [-0.2, -0.15) is 0 Å². The lowest BCUT2D eigenvalue weighted by Crippen LogP contribution is -1.95. The highest BCUT2D eigenvalue weighted by molar-refractivity contribution is 6.35. The van der Waals surface area contributed by atoms with E-state index in [1.54, 1.807) is 0 Å². The van der Waals surface area contributed by atoms with E-state index in [1.165, 1.54) is 7.11 Å². The standard InChI is InChI=1S/C11H8Cl2N2O/c1-16-8-9(12)14-11(15-10(8)13)7-5-3-2-4-6-7/h2-6H,1H3. The van der Waals surface area contributed by atoms with Crippen molar-refractivity contribution >= 4 is 23.2 Å². The predicted octanol–water partition coefficient (Wildman–Crippen LogP) is 3.46. The molecule has 0 saturated carbocycles. The molecule has 0 amide bonds. The lowest BCUT2D eigenvalue weighted by atomic mass is 10.2. The van der Waals surface area contributed by atoms with Crippen molar-refractivity contribution in [3.05, 3.63) is 40.6 Å². The second-order valence-electron chi connectivity index (χ2n) is 3.03. The average Bonchev–Trinajstić information content (AvgIpc) is 2.30. The van der Waals surface area contributed by atoms with Gasteiger partial charge in [-0.25, -0.2) is 9.97 Å². The summed E-state index contributed by atoms with van der Waals surface area (Å²) in [5.41, 5.74) is 0.856. The van der Waals surface area contributed by atoms with Gasteiger partial charge in [-0.05, 0) is 0 Å². The van der Waals surface area contributed by atoms with Crippen LogP contribution in [0.2, 0.25) is 10.3 Å². The van der Waals surface area contributed by atoms with Crippen LogP contribution in [0.25, 0.3) is 11.4 Å². The smallest absolute Gasteiger partial charge is 0.193 e. The Hall–Kier alpha value is -1.32. The van der Waals surface area contributed by atoms with Gasteiger partial charge in [-0.15, -0.1) is 0 Å². The van der Waals surface area contributed by atoms with Crippen molar-refractivity contribution in [3.63, 3.8) is 0 Å². The van der Waals surface area contributed by atoms with Gasteiger partial charge in [0.15, 0.2) is 21.9 Å². The maximum Gasteiger partial charge on any atom is 0.193 e. The molecule has 0 aliphatic carbocycles. The molecular formula is C11H8Cl2N2O. The fraction of sp³-hybridized carbons (Fsp3) is 0.0909. The summed E-state index contributed by atoms with van der Waals surface area (Å²) in [5, 5.41) is 0.419. The van der Waals surface area contributed by atoms with Gasteiger partial charge in [0.1, 0.15) is 0 Å². The van der Waals surface area contributed by atoms with Gasteiger partial charge in [-0.3, -0.25) is 0 Å². The van der Waals surface area contributed by atoms with Crippen LogP contribution >= 0.6 is 23.2 Å². The summed E-state index contributed by atoms with van der Waals surface area (Å²) in [5.74, 6) is 0.777. The molecule has 0 bridgehead atoms. The highest BCUT2D eigenvalue weighted by Crippen LogP contribution is 2.31. The molecule has 3 nitrogen and oxygen atoms in total. The Morgan fingerprint density at radius 1 is 1.00 bits per heavy atom. The van der Waals surface area contributed by atoms with Crippen LogP contribution < -0.4 is 4.74 Å². The third-order valence-electron chi connectivity index (χ3n) is 2.02. The second-order valence-corrected chi connectivity index (χ2v) is 3.74. The van der Waals surface area contributed by atoms with Crippen LogP contribution in [-0.2, 0) is 0 Å². The fourth-order valence-electron chi connectivity index (χ4n) is 1.28. The lowest BCUT2D eigenvalue weighted by molar-refractivity contribution is 0.411. The monoisotopic (exact) mass is 254 g/mol. The van der Waals surface area contributed by atoms with Crippen LogP contribution in [0, 0.1) is 0 Å². The van der Waals surface area contributed by atoms with E-state index < -0.39 is 0 Å². The van der Waals surface area contributed by atoms with Crippen molar-refractivity contribution in [1.82, 2.24) is 9.97 Å².